The molecule has 5 atom stereocenters. The van der Waals surface area contributed by atoms with Gasteiger partial charge >= 0.3 is 6.09 Å². The van der Waals surface area contributed by atoms with Gasteiger partial charge in [-0.05, 0) is 48.6 Å². The minimum absolute atomic E-state index is 0.0409. The topological polar surface area (TPSA) is 154 Å². The molecule has 2 aliphatic rings. The molecule has 0 spiro atoms. The predicted molar refractivity (Wildman–Crippen MR) is 170 cm³/mol. The first-order valence-corrected chi connectivity index (χ1v) is 17.1. The second-order valence-corrected chi connectivity index (χ2v) is 14.2. The molecule has 2 N–H and O–H groups in total. The summed E-state index contributed by atoms with van der Waals surface area (Å²) >= 11 is 0. The van der Waals surface area contributed by atoms with E-state index < -0.39 is 34.4 Å². The number of amides is 1. The number of oxazole rings is 1. The number of fused-ring (bicyclic) bond motifs is 1. The van der Waals surface area contributed by atoms with Gasteiger partial charge in [-0.2, -0.15) is 4.31 Å². The van der Waals surface area contributed by atoms with Gasteiger partial charge in [0.25, 0.3) is 5.89 Å². The van der Waals surface area contributed by atoms with Gasteiger partial charge in [0.2, 0.25) is 10.0 Å². The van der Waals surface area contributed by atoms with Crippen molar-refractivity contribution in [2.24, 2.45) is 11.8 Å². The lowest BCUT2D eigenvalue weighted by molar-refractivity contribution is -0.0907. The predicted octanol–water partition coefficient (Wildman–Crippen LogP) is 4.71. The van der Waals surface area contributed by atoms with Gasteiger partial charge in [-0.15, -0.1) is 0 Å². The molecule has 4 aromatic rings. The van der Waals surface area contributed by atoms with Crippen LogP contribution in [0.15, 0.2) is 93.0 Å². The zero-order chi connectivity index (χ0) is 33.0. The number of nitrogens with one attached hydrogen (secondary N) is 1. The van der Waals surface area contributed by atoms with Crippen LogP contribution in [0.25, 0.3) is 22.9 Å². The molecule has 0 saturated carbocycles. The summed E-state index contributed by atoms with van der Waals surface area (Å²) in [7, 11) is -4.04. The Morgan fingerprint density at radius 3 is 2.55 bits per heavy atom. The smallest absolute Gasteiger partial charge is 0.407 e. The Labute approximate surface area is 273 Å². The van der Waals surface area contributed by atoms with E-state index in [-0.39, 0.29) is 49.1 Å². The van der Waals surface area contributed by atoms with Crippen LogP contribution in [-0.2, 0) is 30.7 Å². The Bertz CT molecular complexity index is 1710. The molecule has 0 radical (unpaired) electrons. The zero-order valence-corrected chi connectivity index (χ0v) is 27.0. The molecule has 4 heterocycles. The molecule has 2 aromatic heterocycles. The number of alkyl carbamates (subject to hydrolysis) is 1. The maximum absolute atomic E-state index is 14.0. The van der Waals surface area contributed by atoms with Crippen LogP contribution in [0.1, 0.15) is 25.8 Å². The summed E-state index contributed by atoms with van der Waals surface area (Å²) in [4.78, 5) is 17.6. The van der Waals surface area contributed by atoms with Gasteiger partial charge in [0.05, 0.1) is 42.4 Å². The van der Waals surface area contributed by atoms with Gasteiger partial charge in [-0.1, -0.05) is 56.3 Å². The lowest BCUT2D eigenvalue weighted by Crippen LogP contribution is -2.51. The molecule has 47 heavy (non-hydrogen) atoms. The highest BCUT2D eigenvalue weighted by molar-refractivity contribution is 7.89. The summed E-state index contributed by atoms with van der Waals surface area (Å²) in [5, 5.41) is 14.4. The van der Waals surface area contributed by atoms with Crippen LogP contribution >= 0.6 is 0 Å². The Balaban J connectivity index is 1.18. The maximum Gasteiger partial charge on any atom is 0.407 e. The van der Waals surface area contributed by atoms with Crippen molar-refractivity contribution in [2.45, 2.75) is 56.1 Å². The number of hydrogen-bond acceptors (Lipinski definition) is 10. The number of ether oxygens (including phenoxy) is 3. The third-order valence-electron chi connectivity index (χ3n) is 8.29. The van der Waals surface area contributed by atoms with Crippen molar-refractivity contribution in [3.63, 3.8) is 0 Å². The first-order valence-electron chi connectivity index (χ1n) is 15.7. The molecule has 2 fully saturated rings. The highest BCUT2D eigenvalue weighted by Crippen LogP contribution is 2.33. The number of carbonyl (C=O) groups excluding carboxylic acids is 1. The van der Waals surface area contributed by atoms with Crippen LogP contribution < -0.4 is 5.32 Å². The summed E-state index contributed by atoms with van der Waals surface area (Å²) in [6, 6.07) is 18.3. The molecule has 6 rings (SSSR count). The number of sulfonamides is 1. The highest BCUT2D eigenvalue weighted by atomic mass is 32.2. The lowest BCUT2D eigenvalue weighted by atomic mass is 10.0. The fourth-order valence-electron chi connectivity index (χ4n) is 5.90. The van der Waals surface area contributed by atoms with Gasteiger partial charge in [-0.3, -0.25) is 0 Å². The molecule has 0 unspecified atom stereocenters. The van der Waals surface area contributed by atoms with Gasteiger partial charge in [0, 0.05) is 18.7 Å². The zero-order valence-electron chi connectivity index (χ0n) is 26.2. The molecule has 0 bridgehead atoms. The van der Waals surface area contributed by atoms with Crippen LogP contribution in [0.2, 0.25) is 0 Å². The number of hydrogen-bond donors (Lipinski definition) is 2. The second-order valence-electron chi connectivity index (χ2n) is 12.2. The Hall–Kier alpha value is -4.01. The van der Waals surface area contributed by atoms with E-state index in [4.69, 9.17) is 23.0 Å². The van der Waals surface area contributed by atoms with Gasteiger partial charge < -0.3 is 33.5 Å². The SMILES string of the molecule is CC(C)CN(C[C@@H](O)[C@H](Cc1ccccc1)NC(=O)O[C@H]1CO[C@H]2OCC[C@H]21)S(=O)(=O)c1ccc(-c2coc(-c3ccco3)n2)cc1. The number of carbonyl (C=O) groups is 1. The monoisotopic (exact) mass is 665 g/mol. The van der Waals surface area contributed by atoms with Crippen LogP contribution in [0, 0.1) is 11.8 Å². The van der Waals surface area contributed by atoms with E-state index in [9.17, 15) is 18.3 Å². The summed E-state index contributed by atoms with van der Waals surface area (Å²) in [5.41, 5.74) is 2.05. The Morgan fingerprint density at radius 2 is 1.83 bits per heavy atom. The fourth-order valence-corrected chi connectivity index (χ4v) is 7.52. The standard InChI is InChI=1S/C34H39N3O9S/c1-22(2)18-37(47(40,41)25-12-10-24(11-13-25)28-20-44-32(35-28)30-9-6-15-42-30)19-29(38)27(17-23-7-4-3-5-8-23)36-34(39)46-31-21-45-33-26(31)14-16-43-33/h3-13,15,20,22,26-27,29,31,33,38H,14,16-19,21H2,1-2H3,(H,36,39)/t26-,27-,29+,31-,33+/m0/s1. The number of nitrogens with zero attached hydrogens (tertiary/aromatic N) is 2. The van der Waals surface area contributed by atoms with Gasteiger partial charge in [-0.25, -0.2) is 18.2 Å². The number of benzene rings is 2. The molecule has 1 amide bonds. The summed E-state index contributed by atoms with van der Waals surface area (Å²) in [5.74, 6) is 0.713. The number of furan rings is 1. The van der Waals surface area contributed by atoms with E-state index in [2.05, 4.69) is 10.3 Å². The molecule has 12 nitrogen and oxygen atoms in total. The van der Waals surface area contributed by atoms with Crippen LogP contribution in [0.3, 0.4) is 0 Å². The van der Waals surface area contributed by atoms with Crippen LogP contribution in [-0.4, -0.2) is 79.7 Å². The van der Waals surface area contributed by atoms with E-state index in [0.29, 0.717) is 29.5 Å². The average molecular weight is 666 g/mol. The summed E-state index contributed by atoms with van der Waals surface area (Å²) in [6.07, 6.45) is 1.19. The van der Waals surface area contributed by atoms with Crippen LogP contribution in [0.5, 0.6) is 0 Å². The normalized spacial score (nSPS) is 20.7. The Morgan fingerprint density at radius 1 is 1.04 bits per heavy atom. The first kappa shape index (κ1) is 32.9. The third-order valence-corrected chi connectivity index (χ3v) is 10.1. The molecule has 250 valence electrons. The van der Waals surface area contributed by atoms with Crippen molar-refractivity contribution in [1.29, 1.82) is 0 Å². The molecule has 13 heteroatoms. The van der Waals surface area contributed by atoms with E-state index in [1.54, 1.807) is 24.3 Å². The third kappa shape index (κ3) is 7.77. The quantitative estimate of drug-likeness (QED) is 0.205. The number of aromatic nitrogens is 1. The van der Waals surface area contributed by atoms with E-state index in [1.165, 1.54) is 29.0 Å². The summed E-state index contributed by atoms with van der Waals surface area (Å²) in [6.45, 7) is 4.49. The average Bonchev–Trinajstić information content (AvgIpc) is 3.87. The first-order chi connectivity index (χ1) is 22.7. The van der Waals surface area contributed by atoms with Crippen LogP contribution in [0.4, 0.5) is 4.79 Å². The van der Waals surface area contributed by atoms with Crippen molar-refractivity contribution in [3.05, 3.63) is 84.8 Å². The fraction of sp³-hybridized carbons (Fsp3) is 0.412. The number of aliphatic hydroxyl groups is 1. The lowest BCUT2D eigenvalue weighted by Gasteiger charge is -2.31. The second kappa shape index (κ2) is 14.4. The largest absolute Gasteiger partial charge is 0.459 e. The van der Waals surface area contributed by atoms with Gasteiger partial charge in [0.15, 0.2) is 12.1 Å². The Kier molecular flexibility index (Phi) is 10.1. The molecule has 0 aliphatic carbocycles. The minimum atomic E-state index is -4.04. The maximum atomic E-state index is 14.0. The van der Waals surface area contributed by atoms with Gasteiger partial charge in [0.1, 0.15) is 18.1 Å². The molecule has 2 aromatic carbocycles. The van der Waals surface area contributed by atoms with Crippen molar-refractivity contribution in [2.75, 3.05) is 26.3 Å². The highest BCUT2D eigenvalue weighted by Gasteiger charge is 2.44. The molecular formula is C34H39N3O9S. The summed E-state index contributed by atoms with van der Waals surface area (Å²) < 4.78 is 56.9. The van der Waals surface area contributed by atoms with Crippen molar-refractivity contribution in [3.8, 4) is 22.9 Å². The van der Waals surface area contributed by atoms with E-state index >= 15 is 0 Å². The molecule has 2 saturated heterocycles. The molecule has 2 aliphatic heterocycles. The van der Waals surface area contributed by atoms with E-state index in [1.807, 2.05) is 44.2 Å². The van der Waals surface area contributed by atoms with Crippen molar-refractivity contribution >= 4 is 16.1 Å². The molecular weight excluding hydrogens is 626 g/mol. The minimum Gasteiger partial charge on any atom is -0.459 e. The number of aliphatic hydroxyl groups excluding tert-OH is 1. The van der Waals surface area contributed by atoms with E-state index in [0.717, 1.165) is 12.0 Å². The number of rotatable bonds is 13. The van der Waals surface area contributed by atoms with Crippen molar-refractivity contribution < 1.29 is 41.4 Å². The van der Waals surface area contributed by atoms with Crippen molar-refractivity contribution in [1.82, 2.24) is 14.6 Å².